The molecule has 0 atom stereocenters. The normalized spacial score (nSPS) is 12.0. The van der Waals surface area contributed by atoms with Gasteiger partial charge in [0.2, 0.25) is 6.79 Å². The van der Waals surface area contributed by atoms with Gasteiger partial charge in [-0.25, -0.2) is 9.78 Å². The molecule has 0 fully saturated rings. The summed E-state index contributed by atoms with van der Waals surface area (Å²) in [6.07, 6.45) is 4.34. The molecule has 0 unspecified atom stereocenters. The molecule has 3 aromatic rings. The summed E-state index contributed by atoms with van der Waals surface area (Å²) in [5.41, 5.74) is -0.569. The topological polar surface area (TPSA) is 181 Å². The minimum absolute atomic E-state index is 0.246. The molecular weight excluding hydrogens is 574 g/mol. The van der Waals surface area contributed by atoms with Gasteiger partial charge in [0.05, 0.1) is 26.3 Å². The third-order valence-corrected chi connectivity index (χ3v) is 6.63. The van der Waals surface area contributed by atoms with Gasteiger partial charge in [-0.15, -0.1) is 0 Å². The maximum Gasteiger partial charge on any atom is 0.336 e. The van der Waals surface area contributed by atoms with Crippen molar-refractivity contribution < 1.29 is 49.0 Å². The number of benzene rings is 2. The average molecular weight is 606 g/mol. The number of carboxylic acids is 3. The Labute approximate surface area is 246 Å². The first-order valence-corrected chi connectivity index (χ1v) is 13.2. The highest BCUT2D eigenvalue weighted by Gasteiger charge is 2.40. The maximum absolute atomic E-state index is 10.3. The predicted molar refractivity (Wildman–Crippen MR) is 149 cm³/mol. The van der Waals surface area contributed by atoms with Crippen molar-refractivity contribution in [1.29, 1.82) is 0 Å². The fourth-order valence-corrected chi connectivity index (χ4v) is 4.41. The standard InChI is InChI=1S/C22H24ClN3O3.C6H8O7/c1-27-20-12-22-21(28-16-29-22)11-18(20)14-26(9-4-8-25-10-7-24-15-25)13-17-5-2-3-6-19(17)23;7-3(8)1-6(13,5(11)12)2-4(9)10/h2-3,5-7,10-12,15H,4,8-9,13-14,16H2,1H3;13H,1-2H2,(H,7,8)(H,9,10)(H,11,12). The predicted octanol–water partition coefficient (Wildman–Crippen LogP) is 3.12. The van der Waals surface area contributed by atoms with Gasteiger partial charge in [-0.3, -0.25) is 14.5 Å². The first-order valence-electron chi connectivity index (χ1n) is 12.8. The number of carbonyl (C=O) groups is 3. The van der Waals surface area contributed by atoms with Crippen LogP contribution < -0.4 is 14.2 Å². The van der Waals surface area contributed by atoms with Gasteiger partial charge in [0.1, 0.15) is 5.75 Å². The van der Waals surface area contributed by atoms with Gasteiger partial charge in [0.25, 0.3) is 0 Å². The van der Waals surface area contributed by atoms with Crippen molar-refractivity contribution in [3.63, 3.8) is 0 Å². The molecule has 4 rings (SSSR count). The van der Waals surface area contributed by atoms with Gasteiger partial charge < -0.3 is 39.2 Å². The number of hydrogen-bond donors (Lipinski definition) is 4. The Balaban J connectivity index is 0.000000316. The summed E-state index contributed by atoms with van der Waals surface area (Å²) in [5.74, 6) is -2.73. The lowest BCUT2D eigenvalue weighted by atomic mass is 9.96. The molecule has 0 saturated heterocycles. The highest BCUT2D eigenvalue weighted by molar-refractivity contribution is 6.31. The SMILES string of the molecule is COc1cc2c(cc1CN(CCCn1ccnc1)Cc1ccccc1Cl)OCO2.O=C(O)CC(O)(CC(=O)O)C(=O)O. The first-order chi connectivity index (χ1) is 20.0. The number of aliphatic hydroxyl groups is 1. The van der Waals surface area contributed by atoms with Crippen LogP contribution in [0.1, 0.15) is 30.4 Å². The quantitative estimate of drug-likeness (QED) is 0.211. The third-order valence-electron chi connectivity index (χ3n) is 6.26. The van der Waals surface area contributed by atoms with Gasteiger partial charge in [0.15, 0.2) is 17.1 Å². The van der Waals surface area contributed by atoms with E-state index in [1.165, 1.54) is 0 Å². The molecule has 14 heteroatoms. The maximum atomic E-state index is 10.3. The summed E-state index contributed by atoms with van der Waals surface area (Å²) in [4.78, 5) is 37.0. The van der Waals surface area contributed by atoms with Crippen molar-refractivity contribution >= 4 is 29.5 Å². The lowest BCUT2D eigenvalue weighted by molar-refractivity contribution is -0.170. The molecular formula is C28H32ClN3O10. The van der Waals surface area contributed by atoms with Crippen LogP contribution in [-0.2, 0) is 34.0 Å². The van der Waals surface area contributed by atoms with E-state index >= 15 is 0 Å². The minimum Gasteiger partial charge on any atom is -0.496 e. The number of halogens is 1. The molecule has 0 saturated carbocycles. The Bertz CT molecular complexity index is 1350. The number of aryl methyl sites for hydroxylation is 1. The molecule has 0 radical (unpaired) electrons. The molecule has 0 spiro atoms. The second-order valence-corrected chi connectivity index (χ2v) is 9.86. The van der Waals surface area contributed by atoms with Gasteiger partial charge in [-0.2, -0.15) is 0 Å². The molecule has 0 amide bonds. The number of fused-ring (bicyclic) bond motifs is 1. The Morgan fingerprint density at radius 3 is 2.26 bits per heavy atom. The second kappa shape index (κ2) is 15.1. The van der Waals surface area contributed by atoms with E-state index in [9.17, 15) is 14.4 Å². The smallest absolute Gasteiger partial charge is 0.336 e. The number of aliphatic carboxylic acids is 3. The fraction of sp³-hybridized carbons (Fsp3) is 0.357. The fourth-order valence-electron chi connectivity index (χ4n) is 4.21. The zero-order chi connectivity index (χ0) is 30.7. The van der Waals surface area contributed by atoms with Crippen LogP contribution in [0.2, 0.25) is 5.02 Å². The highest BCUT2D eigenvalue weighted by Crippen LogP contribution is 2.38. The van der Waals surface area contributed by atoms with Crippen LogP contribution in [0, 0.1) is 0 Å². The van der Waals surface area contributed by atoms with Crippen molar-refractivity contribution in [2.45, 2.75) is 44.5 Å². The van der Waals surface area contributed by atoms with E-state index in [1.807, 2.05) is 42.9 Å². The van der Waals surface area contributed by atoms with Crippen LogP contribution in [0.4, 0.5) is 0 Å². The molecule has 1 aromatic heterocycles. The number of carboxylic acid groups (broad SMARTS) is 3. The van der Waals surface area contributed by atoms with Gasteiger partial charge in [-0.1, -0.05) is 29.8 Å². The molecule has 2 aromatic carbocycles. The van der Waals surface area contributed by atoms with Crippen molar-refractivity contribution in [1.82, 2.24) is 14.5 Å². The summed E-state index contributed by atoms with van der Waals surface area (Å²) in [6, 6.07) is 11.9. The average Bonchev–Trinajstić information content (AvgIpc) is 3.60. The molecule has 13 nitrogen and oxygen atoms in total. The summed E-state index contributed by atoms with van der Waals surface area (Å²) < 4.78 is 18.7. The lowest BCUT2D eigenvalue weighted by Crippen LogP contribution is -2.42. The highest BCUT2D eigenvalue weighted by atomic mass is 35.5. The van der Waals surface area contributed by atoms with E-state index in [0.29, 0.717) is 0 Å². The zero-order valence-corrected chi connectivity index (χ0v) is 23.6. The molecule has 1 aliphatic heterocycles. The van der Waals surface area contributed by atoms with Crippen molar-refractivity contribution in [3.05, 3.63) is 71.3 Å². The summed E-state index contributed by atoms with van der Waals surface area (Å²) >= 11 is 6.42. The molecule has 42 heavy (non-hydrogen) atoms. The van der Waals surface area contributed by atoms with Crippen LogP contribution in [0.15, 0.2) is 55.1 Å². The van der Waals surface area contributed by atoms with E-state index in [-0.39, 0.29) is 6.79 Å². The van der Waals surface area contributed by atoms with Crippen LogP contribution in [0.5, 0.6) is 17.2 Å². The van der Waals surface area contributed by atoms with E-state index in [4.69, 9.17) is 46.2 Å². The van der Waals surface area contributed by atoms with Crippen molar-refractivity contribution in [3.8, 4) is 17.2 Å². The van der Waals surface area contributed by atoms with E-state index in [2.05, 4.69) is 20.5 Å². The number of nitrogens with zero attached hydrogens (tertiary/aromatic N) is 3. The lowest BCUT2D eigenvalue weighted by Gasteiger charge is -2.24. The van der Waals surface area contributed by atoms with E-state index in [1.54, 1.807) is 13.3 Å². The van der Waals surface area contributed by atoms with Gasteiger partial charge >= 0.3 is 17.9 Å². The van der Waals surface area contributed by atoms with Crippen molar-refractivity contribution in [2.24, 2.45) is 0 Å². The summed E-state index contributed by atoms with van der Waals surface area (Å²) in [6.45, 7) is 3.53. The van der Waals surface area contributed by atoms with E-state index < -0.39 is 36.4 Å². The van der Waals surface area contributed by atoms with Crippen LogP contribution in [0.3, 0.4) is 0 Å². The van der Waals surface area contributed by atoms with Crippen molar-refractivity contribution in [2.75, 3.05) is 20.4 Å². The summed E-state index contributed by atoms with van der Waals surface area (Å²) in [5, 5.41) is 34.6. The number of methoxy groups -OCH3 is 1. The minimum atomic E-state index is -2.74. The zero-order valence-electron chi connectivity index (χ0n) is 22.8. The van der Waals surface area contributed by atoms with Crippen LogP contribution in [-0.4, -0.2) is 78.8 Å². The second-order valence-electron chi connectivity index (χ2n) is 9.45. The molecule has 2 heterocycles. The molecule has 1 aliphatic rings. The molecule has 4 N–H and O–H groups in total. The number of hydrogen-bond acceptors (Lipinski definition) is 9. The van der Waals surface area contributed by atoms with Gasteiger partial charge in [0, 0.05) is 55.2 Å². The number of rotatable bonds is 14. The molecule has 0 bridgehead atoms. The Morgan fingerprint density at radius 2 is 1.69 bits per heavy atom. The van der Waals surface area contributed by atoms with Crippen LogP contribution >= 0.6 is 11.6 Å². The number of ether oxygens (including phenoxy) is 3. The number of aromatic nitrogens is 2. The molecule has 226 valence electrons. The number of imidazole rings is 1. The Kier molecular flexibility index (Phi) is 11.5. The monoisotopic (exact) mass is 605 g/mol. The molecule has 0 aliphatic carbocycles. The van der Waals surface area contributed by atoms with Gasteiger partial charge in [-0.05, 0) is 24.1 Å². The van der Waals surface area contributed by atoms with E-state index in [0.717, 1.165) is 66.0 Å². The largest absolute Gasteiger partial charge is 0.496 e. The third kappa shape index (κ3) is 9.36. The van der Waals surface area contributed by atoms with Crippen LogP contribution in [0.25, 0.3) is 0 Å². The summed E-state index contributed by atoms with van der Waals surface area (Å²) in [7, 11) is 1.68. The Hall–Kier alpha value is -4.33. The Morgan fingerprint density at radius 1 is 1.05 bits per heavy atom. The first kappa shape index (κ1) is 32.2.